The van der Waals surface area contributed by atoms with Crippen LogP contribution in [0.25, 0.3) is 6.08 Å². The van der Waals surface area contributed by atoms with Gasteiger partial charge in [-0.25, -0.2) is 4.39 Å². The maximum absolute atomic E-state index is 13.1. The molecule has 3 rings (SSSR count). The summed E-state index contributed by atoms with van der Waals surface area (Å²) in [6.07, 6.45) is 5.21. The minimum absolute atomic E-state index is 0.0179. The molecule has 1 aliphatic rings. The van der Waals surface area contributed by atoms with Crippen LogP contribution in [0.2, 0.25) is 0 Å². The van der Waals surface area contributed by atoms with E-state index in [2.05, 4.69) is 12.1 Å². The van der Waals surface area contributed by atoms with Crippen molar-refractivity contribution in [1.29, 1.82) is 0 Å². The smallest absolute Gasteiger partial charge is 0.247 e. The summed E-state index contributed by atoms with van der Waals surface area (Å²) in [6.45, 7) is 0.770. The van der Waals surface area contributed by atoms with Crippen molar-refractivity contribution in [2.45, 2.75) is 18.9 Å². The van der Waals surface area contributed by atoms with Crippen molar-refractivity contribution in [1.82, 2.24) is 4.90 Å². The first-order valence-electron chi connectivity index (χ1n) is 7.53. The van der Waals surface area contributed by atoms with Crippen LogP contribution in [0.15, 0.2) is 60.7 Å². The third-order valence-electron chi connectivity index (χ3n) is 3.99. The summed E-state index contributed by atoms with van der Waals surface area (Å²) < 4.78 is 13.1. The standard InChI is InChI=1S/C19H18FNO/c20-17-9-4-6-15(14-17)11-12-19(22)21-13-5-10-18(21)16-7-2-1-3-8-16/h1-4,6-9,11-12,14,18H,5,10,13H2. The van der Waals surface area contributed by atoms with Gasteiger partial charge in [0.15, 0.2) is 0 Å². The van der Waals surface area contributed by atoms with Crippen LogP contribution in [0, 0.1) is 5.82 Å². The number of carbonyl (C=O) groups is 1. The summed E-state index contributed by atoms with van der Waals surface area (Å²) in [6, 6.07) is 16.5. The molecule has 22 heavy (non-hydrogen) atoms. The van der Waals surface area contributed by atoms with Crippen LogP contribution in [-0.4, -0.2) is 17.4 Å². The van der Waals surface area contributed by atoms with Gasteiger partial charge >= 0.3 is 0 Å². The highest BCUT2D eigenvalue weighted by molar-refractivity contribution is 5.92. The van der Waals surface area contributed by atoms with E-state index in [1.165, 1.54) is 23.8 Å². The predicted molar refractivity (Wildman–Crippen MR) is 85.6 cm³/mol. The van der Waals surface area contributed by atoms with Crippen LogP contribution in [0.5, 0.6) is 0 Å². The number of nitrogens with zero attached hydrogens (tertiary/aromatic N) is 1. The Labute approximate surface area is 129 Å². The molecule has 0 saturated carbocycles. The predicted octanol–water partition coefficient (Wildman–Crippen LogP) is 4.20. The molecule has 0 aromatic heterocycles. The van der Waals surface area contributed by atoms with Gasteiger partial charge in [0.2, 0.25) is 5.91 Å². The fraction of sp³-hybridized carbons (Fsp3) is 0.211. The Kier molecular flexibility index (Phi) is 4.33. The highest BCUT2D eigenvalue weighted by Gasteiger charge is 2.28. The first kappa shape index (κ1) is 14.5. The summed E-state index contributed by atoms with van der Waals surface area (Å²) in [5, 5.41) is 0. The summed E-state index contributed by atoms with van der Waals surface area (Å²) in [5.41, 5.74) is 1.87. The van der Waals surface area contributed by atoms with Crippen LogP contribution in [-0.2, 0) is 4.79 Å². The molecule has 1 fully saturated rings. The first-order chi connectivity index (χ1) is 10.7. The lowest BCUT2D eigenvalue weighted by Crippen LogP contribution is -2.28. The molecule has 0 spiro atoms. The average molecular weight is 295 g/mol. The molecular weight excluding hydrogens is 277 g/mol. The molecule has 1 saturated heterocycles. The third kappa shape index (κ3) is 3.25. The summed E-state index contributed by atoms with van der Waals surface area (Å²) in [5.74, 6) is -0.312. The second-order valence-electron chi connectivity index (χ2n) is 5.49. The highest BCUT2D eigenvalue weighted by atomic mass is 19.1. The van der Waals surface area contributed by atoms with Crippen molar-refractivity contribution < 1.29 is 9.18 Å². The Balaban J connectivity index is 1.74. The van der Waals surface area contributed by atoms with Crippen LogP contribution >= 0.6 is 0 Å². The number of hydrogen-bond donors (Lipinski definition) is 0. The van der Waals surface area contributed by atoms with Crippen molar-refractivity contribution in [3.8, 4) is 0 Å². The normalized spacial score (nSPS) is 18.0. The van der Waals surface area contributed by atoms with E-state index in [1.807, 2.05) is 23.1 Å². The molecule has 0 bridgehead atoms. The molecule has 0 radical (unpaired) electrons. The maximum Gasteiger partial charge on any atom is 0.247 e. The van der Waals surface area contributed by atoms with Crippen molar-refractivity contribution in [2.24, 2.45) is 0 Å². The van der Waals surface area contributed by atoms with Crippen LogP contribution < -0.4 is 0 Å². The molecule has 1 amide bonds. The average Bonchev–Trinajstić information content (AvgIpc) is 3.03. The Morgan fingerprint density at radius 1 is 1.14 bits per heavy atom. The van der Waals surface area contributed by atoms with E-state index in [0.29, 0.717) is 5.56 Å². The van der Waals surface area contributed by atoms with E-state index < -0.39 is 0 Å². The topological polar surface area (TPSA) is 20.3 Å². The molecule has 2 aromatic rings. The van der Waals surface area contributed by atoms with Crippen LogP contribution in [0.4, 0.5) is 4.39 Å². The summed E-state index contributed by atoms with van der Waals surface area (Å²) in [7, 11) is 0. The number of amides is 1. The lowest BCUT2D eigenvalue weighted by molar-refractivity contribution is -0.126. The Bertz CT molecular complexity index is 681. The third-order valence-corrected chi connectivity index (χ3v) is 3.99. The molecule has 3 heteroatoms. The van der Waals surface area contributed by atoms with Gasteiger partial charge in [0.1, 0.15) is 5.82 Å². The fourth-order valence-electron chi connectivity index (χ4n) is 2.93. The zero-order valence-electron chi connectivity index (χ0n) is 12.3. The zero-order valence-corrected chi connectivity index (χ0v) is 12.3. The van der Waals surface area contributed by atoms with Crippen molar-refractivity contribution in [3.05, 3.63) is 77.6 Å². The van der Waals surface area contributed by atoms with E-state index in [4.69, 9.17) is 0 Å². The van der Waals surface area contributed by atoms with E-state index in [1.54, 1.807) is 18.2 Å². The summed E-state index contributed by atoms with van der Waals surface area (Å²) in [4.78, 5) is 14.3. The van der Waals surface area contributed by atoms with Gasteiger partial charge in [0, 0.05) is 12.6 Å². The second-order valence-corrected chi connectivity index (χ2v) is 5.49. The number of carbonyl (C=O) groups excluding carboxylic acids is 1. The molecule has 0 N–H and O–H groups in total. The van der Waals surface area contributed by atoms with Gasteiger partial charge in [-0.2, -0.15) is 0 Å². The maximum atomic E-state index is 13.1. The van der Waals surface area contributed by atoms with Gasteiger partial charge in [0.25, 0.3) is 0 Å². The molecular formula is C19H18FNO. The minimum atomic E-state index is -0.294. The zero-order chi connectivity index (χ0) is 15.4. The van der Waals surface area contributed by atoms with Crippen molar-refractivity contribution in [2.75, 3.05) is 6.54 Å². The molecule has 1 heterocycles. The lowest BCUT2D eigenvalue weighted by Gasteiger charge is -2.23. The van der Waals surface area contributed by atoms with Crippen molar-refractivity contribution >= 4 is 12.0 Å². The minimum Gasteiger partial charge on any atom is -0.332 e. The fourth-order valence-corrected chi connectivity index (χ4v) is 2.93. The van der Waals surface area contributed by atoms with Crippen molar-refractivity contribution in [3.63, 3.8) is 0 Å². The van der Waals surface area contributed by atoms with Gasteiger partial charge in [-0.1, -0.05) is 42.5 Å². The van der Waals surface area contributed by atoms with Crippen LogP contribution in [0.1, 0.15) is 30.0 Å². The van der Waals surface area contributed by atoms with E-state index in [0.717, 1.165) is 19.4 Å². The van der Waals surface area contributed by atoms with Crippen LogP contribution in [0.3, 0.4) is 0 Å². The molecule has 2 nitrogen and oxygen atoms in total. The van der Waals surface area contributed by atoms with E-state index in [9.17, 15) is 9.18 Å². The van der Waals surface area contributed by atoms with E-state index >= 15 is 0 Å². The van der Waals surface area contributed by atoms with E-state index in [-0.39, 0.29) is 17.8 Å². The number of likely N-dealkylation sites (tertiary alicyclic amines) is 1. The highest BCUT2D eigenvalue weighted by Crippen LogP contribution is 2.31. The Hall–Kier alpha value is -2.42. The Morgan fingerprint density at radius 2 is 1.95 bits per heavy atom. The first-order valence-corrected chi connectivity index (χ1v) is 7.53. The molecule has 1 unspecified atom stereocenters. The molecule has 2 aromatic carbocycles. The Morgan fingerprint density at radius 3 is 2.73 bits per heavy atom. The molecule has 0 aliphatic carbocycles. The molecule has 112 valence electrons. The number of benzene rings is 2. The quantitative estimate of drug-likeness (QED) is 0.777. The molecule has 1 aliphatic heterocycles. The van der Waals surface area contributed by atoms with Gasteiger partial charge in [-0.15, -0.1) is 0 Å². The van der Waals surface area contributed by atoms with Gasteiger partial charge in [0.05, 0.1) is 6.04 Å². The number of hydrogen-bond acceptors (Lipinski definition) is 1. The molecule has 1 atom stereocenters. The summed E-state index contributed by atoms with van der Waals surface area (Å²) >= 11 is 0. The second kappa shape index (κ2) is 6.56. The van der Waals surface area contributed by atoms with Gasteiger partial charge < -0.3 is 4.90 Å². The van der Waals surface area contributed by atoms with Gasteiger partial charge in [-0.3, -0.25) is 4.79 Å². The SMILES string of the molecule is O=C(C=Cc1cccc(F)c1)N1CCCC1c1ccccc1. The number of rotatable bonds is 3. The van der Waals surface area contributed by atoms with Gasteiger partial charge in [-0.05, 0) is 42.2 Å². The monoisotopic (exact) mass is 295 g/mol. The number of halogens is 1. The largest absolute Gasteiger partial charge is 0.332 e. The lowest BCUT2D eigenvalue weighted by atomic mass is 10.0.